The smallest absolute Gasteiger partial charge is 0.449 e. The zero-order valence-electron chi connectivity index (χ0n) is 6.38. The fourth-order valence-corrected chi connectivity index (χ4v) is 1.19. The van der Waals surface area contributed by atoms with Crippen molar-refractivity contribution < 1.29 is 14.6 Å². The molecule has 0 atom stereocenters. The Balaban J connectivity index is 2.40. The fourth-order valence-electron chi connectivity index (χ4n) is 1.19. The molecule has 3 nitrogen and oxygen atoms in total. The number of carbonyl (C=O) groups is 1. The molecule has 0 aromatic heterocycles. The summed E-state index contributed by atoms with van der Waals surface area (Å²) < 4.78 is 4.55. The van der Waals surface area contributed by atoms with Crippen LogP contribution in [0.25, 0.3) is 0 Å². The maximum atomic E-state index is 10.1. The van der Waals surface area contributed by atoms with Crippen molar-refractivity contribution in [2.45, 2.75) is 32.1 Å². The van der Waals surface area contributed by atoms with Crippen LogP contribution in [-0.4, -0.2) is 11.3 Å². The third-order valence-electron chi connectivity index (χ3n) is 1.72. The van der Waals surface area contributed by atoms with Crippen LogP contribution < -0.4 is 0 Å². The molecule has 1 aliphatic rings. The van der Waals surface area contributed by atoms with Gasteiger partial charge >= 0.3 is 6.16 Å². The molecule has 0 heterocycles. The molecule has 0 spiro atoms. The van der Waals surface area contributed by atoms with Crippen LogP contribution in [0.3, 0.4) is 0 Å². The largest absolute Gasteiger partial charge is 0.511 e. The van der Waals surface area contributed by atoms with Crippen LogP contribution in [0, 0.1) is 0 Å². The monoisotopic (exact) mass is 156 g/mol. The van der Waals surface area contributed by atoms with Crippen molar-refractivity contribution >= 4 is 6.16 Å². The molecule has 62 valence electrons. The molecule has 0 saturated carbocycles. The van der Waals surface area contributed by atoms with Gasteiger partial charge in [-0.1, -0.05) is 6.42 Å². The van der Waals surface area contributed by atoms with Gasteiger partial charge < -0.3 is 9.84 Å². The molecule has 0 aromatic rings. The number of allylic oxidation sites excluding steroid dienone is 2. The summed E-state index contributed by atoms with van der Waals surface area (Å²) in [6, 6.07) is 0. The second kappa shape index (κ2) is 4.01. The van der Waals surface area contributed by atoms with E-state index >= 15 is 0 Å². The summed E-state index contributed by atoms with van der Waals surface area (Å²) in [7, 11) is 0. The van der Waals surface area contributed by atoms with Crippen molar-refractivity contribution in [2.75, 3.05) is 0 Å². The van der Waals surface area contributed by atoms with E-state index in [1.54, 1.807) is 0 Å². The van der Waals surface area contributed by atoms with E-state index in [9.17, 15) is 4.79 Å². The predicted octanol–water partition coefficient (Wildman–Crippen LogP) is 2.53. The highest BCUT2D eigenvalue weighted by molar-refractivity contribution is 5.58. The van der Waals surface area contributed by atoms with Crippen LogP contribution in [0.15, 0.2) is 11.8 Å². The maximum Gasteiger partial charge on any atom is 0.511 e. The van der Waals surface area contributed by atoms with Gasteiger partial charge in [0, 0.05) is 6.42 Å². The molecule has 0 bridgehead atoms. The first-order valence-corrected chi connectivity index (χ1v) is 3.89. The van der Waals surface area contributed by atoms with E-state index < -0.39 is 6.16 Å². The summed E-state index contributed by atoms with van der Waals surface area (Å²) in [6.07, 6.45) is 5.75. The third kappa shape index (κ3) is 3.07. The van der Waals surface area contributed by atoms with Crippen LogP contribution in [0.1, 0.15) is 32.1 Å². The van der Waals surface area contributed by atoms with Gasteiger partial charge in [-0.25, -0.2) is 4.79 Å². The molecule has 0 radical (unpaired) electrons. The minimum absolute atomic E-state index is 0.620. The minimum atomic E-state index is -1.20. The summed E-state index contributed by atoms with van der Waals surface area (Å²) in [5.74, 6) is 0.620. The molecule has 1 rings (SSSR count). The number of hydrogen-bond acceptors (Lipinski definition) is 2. The summed E-state index contributed by atoms with van der Waals surface area (Å²) in [4.78, 5) is 10.1. The molecule has 0 amide bonds. The first-order chi connectivity index (χ1) is 5.29. The Kier molecular flexibility index (Phi) is 2.95. The Hall–Kier alpha value is -0.990. The normalized spacial score (nSPS) is 18.4. The lowest BCUT2D eigenvalue weighted by Gasteiger charge is -2.01. The molecule has 11 heavy (non-hydrogen) atoms. The van der Waals surface area contributed by atoms with Crippen LogP contribution in [0.5, 0.6) is 0 Å². The molecule has 0 unspecified atom stereocenters. The van der Waals surface area contributed by atoms with Crippen molar-refractivity contribution in [3.63, 3.8) is 0 Å². The highest BCUT2D eigenvalue weighted by Gasteiger charge is 2.06. The minimum Gasteiger partial charge on any atom is -0.449 e. The Morgan fingerprint density at radius 3 is 3.00 bits per heavy atom. The quantitative estimate of drug-likeness (QED) is 0.593. The average molecular weight is 156 g/mol. The third-order valence-corrected chi connectivity index (χ3v) is 1.72. The highest BCUT2D eigenvalue weighted by Crippen LogP contribution is 2.17. The predicted molar refractivity (Wildman–Crippen MR) is 40.3 cm³/mol. The summed E-state index contributed by atoms with van der Waals surface area (Å²) in [5.41, 5.74) is 0. The van der Waals surface area contributed by atoms with E-state index in [0.717, 1.165) is 25.7 Å². The van der Waals surface area contributed by atoms with Crippen molar-refractivity contribution in [1.82, 2.24) is 0 Å². The molecule has 1 N–H and O–H groups in total. The molecular formula is C8H12O3. The van der Waals surface area contributed by atoms with Crippen LogP contribution in [0.4, 0.5) is 4.79 Å². The summed E-state index contributed by atoms with van der Waals surface area (Å²) >= 11 is 0. The van der Waals surface area contributed by atoms with Gasteiger partial charge in [0.25, 0.3) is 0 Å². The van der Waals surface area contributed by atoms with E-state index in [1.165, 1.54) is 6.42 Å². The zero-order valence-corrected chi connectivity index (χ0v) is 6.38. The van der Waals surface area contributed by atoms with Gasteiger partial charge in [0.05, 0.1) is 0 Å². The first kappa shape index (κ1) is 8.11. The van der Waals surface area contributed by atoms with Gasteiger partial charge in [-0.3, -0.25) is 0 Å². The number of ether oxygens (including phenoxy) is 1. The van der Waals surface area contributed by atoms with Gasteiger partial charge in [0.2, 0.25) is 0 Å². The number of carboxylic acid groups (broad SMARTS) is 1. The van der Waals surface area contributed by atoms with Gasteiger partial charge in [0.15, 0.2) is 0 Å². The van der Waals surface area contributed by atoms with Gasteiger partial charge in [-0.15, -0.1) is 0 Å². The SMILES string of the molecule is O=C(O)OC1=CCCCCC1. The van der Waals surface area contributed by atoms with Gasteiger partial charge in [-0.05, 0) is 25.3 Å². The van der Waals surface area contributed by atoms with Gasteiger partial charge in [0.1, 0.15) is 5.76 Å². The number of hydrogen-bond donors (Lipinski definition) is 1. The second-order valence-corrected chi connectivity index (χ2v) is 2.64. The molecule has 0 aliphatic heterocycles. The van der Waals surface area contributed by atoms with Crippen LogP contribution >= 0.6 is 0 Å². The van der Waals surface area contributed by atoms with E-state index in [1.807, 2.05) is 6.08 Å². The number of rotatable bonds is 1. The van der Waals surface area contributed by atoms with E-state index in [2.05, 4.69) is 4.74 Å². The highest BCUT2D eigenvalue weighted by atomic mass is 16.7. The van der Waals surface area contributed by atoms with Crippen molar-refractivity contribution in [1.29, 1.82) is 0 Å². The van der Waals surface area contributed by atoms with Crippen LogP contribution in [-0.2, 0) is 4.74 Å². The maximum absolute atomic E-state index is 10.1. The Morgan fingerprint density at radius 2 is 2.27 bits per heavy atom. The zero-order chi connectivity index (χ0) is 8.10. The Morgan fingerprint density at radius 1 is 1.45 bits per heavy atom. The average Bonchev–Trinajstić information content (AvgIpc) is 2.14. The lowest BCUT2D eigenvalue weighted by Crippen LogP contribution is -1.99. The van der Waals surface area contributed by atoms with E-state index in [0.29, 0.717) is 5.76 Å². The molecule has 0 saturated heterocycles. The molecule has 3 heteroatoms. The van der Waals surface area contributed by atoms with E-state index in [-0.39, 0.29) is 0 Å². The summed E-state index contributed by atoms with van der Waals surface area (Å²) in [6.45, 7) is 0. The standard InChI is InChI=1S/C8H12O3/c9-8(10)11-7-5-3-1-2-4-6-7/h5H,1-4,6H2,(H,9,10). The first-order valence-electron chi connectivity index (χ1n) is 3.89. The fraction of sp³-hybridized carbons (Fsp3) is 0.625. The van der Waals surface area contributed by atoms with Crippen molar-refractivity contribution in [3.8, 4) is 0 Å². The van der Waals surface area contributed by atoms with Crippen molar-refractivity contribution in [3.05, 3.63) is 11.8 Å². The molecule has 0 fully saturated rings. The topological polar surface area (TPSA) is 46.5 Å². The second-order valence-electron chi connectivity index (χ2n) is 2.64. The molecule has 1 aliphatic carbocycles. The summed E-state index contributed by atoms with van der Waals surface area (Å²) in [5, 5.41) is 8.29. The lowest BCUT2D eigenvalue weighted by molar-refractivity contribution is 0.116. The van der Waals surface area contributed by atoms with E-state index in [4.69, 9.17) is 5.11 Å². The Bertz CT molecular complexity index is 172. The molecular weight excluding hydrogens is 144 g/mol. The van der Waals surface area contributed by atoms with Crippen molar-refractivity contribution in [2.24, 2.45) is 0 Å². The molecule has 0 aromatic carbocycles. The van der Waals surface area contributed by atoms with Gasteiger partial charge in [-0.2, -0.15) is 0 Å². The lowest BCUT2D eigenvalue weighted by atomic mass is 10.2. The Labute approximate surface area is 65.7 Å². The van der Waals surface area contributed by atoms with Crippen LogP contribution in [0.2, 0.25) is 0 Å².